The second-order valence-corrected chi connectivity index (χ2v) is 12.6. The number of nitrogens with one attached hydrogen (secondary N) is 1. The van der Waals surface area contributed by atoms with E-state index in [1.165, 1.54) is 29.8 Å². The van der Waals surface area contributed by atoms with E-state index in [0.717, 1.165) is 39.9 Å². The van der Waals surface area contributed by atoms with Gasteiger partial charge in [-0.1, -0.05) is 11.3 Å². The number of aryl methyl sites for hydroxylation is 2. The number of thiophene rings is 1. The van der Waals surface area contributed by atoms with Gasteiger partial charge in [-0.25, -0.2) is 13.2 Å². The highest BCUT2D eigenvalue weighted by atomic mass is 32.2. The maximum Gasteiger partial charge on any atom is 0.341 e. The zero-order chi connectivity index (χ0) is 26.7. The van der Waals surface area contributed by atoms with E-state index in [-0.39, 0.29) is 10.6 Å². The third-order valence-corrected chi connectivity index (χ3v) is 9.57. The summed E-state index contributed by atoms with van der Waals surface area (Å²) in [6, 6.07) is 5.47. The van der Waals surface area contributed by atoms with Gasteiger partial charge in [-0.3, -0.25) is 9.59 Å². The van der Waals surface area contributed by atoms with Gasteiger partial charge in [0, 0.05) is 11.4 Å². The van der Waals surface area contributed by atoms with Crippen LogP contribution in [0.5, 0.6) is 5.75 Å². The Balaban J connectivity index is 1.50. The normalized spacial score (nSPS) is 13.9. The van der Waals surface area contributed by atoms with Gasteiger partial charge in [0.25, 0.3) is 5.91 Å². The Morgan fingerprint density at radius 3 is 2.57 bits per heavy atom. The summed E-state index contributed by atoms with van der Waals surface area (Å²) < 4.78 is 38.1. The van der Waals surface area contributed by atoms with Gasteiger partial charge in [-0.2, -0.15) is 4.99 Å². The van der Waals surface area contributed by atoms with Crippen LogP contribution in [0.15, 0.2) is 23.2 Å². The Hall–Kier alpha value is -3.03. The number of ether oxygens (including phenoxy) is 2. The van der Waals surface area contributed by atoms with Crippen LogP contribution in [0.3, 0.4) is 0 Å². The average Bonchev–Trinajstić information content (AvgIpc) is 3.38. The average molecular weight is 566 g/mol. The first kappa shape index (κ1) is 27.0. The molecule has 13 heteroatoms. The van der Waals surface area contributed by atoms with Crippen molar-refractivity contribution in [3.05, 3.63) is 39.0 Å². The minimum absolute atomic E-state index is 0.277. The summed E-state index contributed by atoms with van der Waals surface area (Å²) in [5, 5.41) is 2.83. The molecule has 1 N–H and O–H groups in total. The van der Waals surface area contributed by atoms with Crippen molar-refractivity contribution in [3.8, 4) is 5.75 Å². The van der Waals surface area contributed by atoms with E-state index in [0.29, 0.717) is 23.5 Å². The molecule has 0 radical (unpaired) electrons. The van der Waals surface area contributed by atoms with Gasteiger partial charge < -0.3 is 19.4 Å². The monoisotopic (exact) mass is 565 g/mol. The van der Waals surface area contributed by atoms with E-state index >= 15 is 0 Å². The zero-order valence-corrected chi connectivity index (χ0v) is 23.1. The number of hydrogen-bond donors (Lipinski definition) is 1. The molecule has 0 fully saturated rings. The van der Waals surface area contributed by atoms with Crippen molar-refractivity contribution in [1.82, 2.24) is 4.57 Å². The molecule has 1 aliphatic rings. The molecular formula is C24H27N3O7S3. The van der Waals surface area contributed by atoms with E-state index in [4.69, 9.17) is 9.47 Å². The second kappa shape index (κ2) is 11.2. The minimum Gasteiger partial charge on any atom is -0.497 e. The lowest BCUT2D eigenvalue weighted by Gasteiger charge is -2.11. The molecule has 0 saturated heterocycles. The molecule has 2 amide bonds. The van der Waals surface area contributed by atoms with Gasteiger partial charge in [0.1, 0.15) is 22.3 Å². The lowest BCUT2D eigenvalue weighted by Crippen LogP contribution is -2.28. The van der Waals surface area contributed by atoms with Gasteiger partial charge in [0.15, 0.2) is 14.6 Å². The van der Waals surface area contributed by atoms with Crippen LogP contribution < -0.4 is 14.9 Å². The van der Waals surface area contributed by atoms with Gasteiger partial charge in [0.05, 0.1) is 30.0 Å². The Bertz CT molecular complexity index is 1550. The predicted molar refractivity (Wildman–Crippen MR) is 142 cm³/mol. The van der Waals surface area contributed by atoms with Gasteiger partial charge >= 0.3 is 5.97 Å². The number of amides is 2. The number of sulfone groups is 1. The highest BCUT2D eigenvalue weighted by Gasteiger charge is 2.28. The van der Waals surface area contributed by atoms with Gasteiger partial charge in [-0.05, 0) is 56.4 Å². The summed E-state index contributed by atoms with van der Waals surface area (Å²) in [6.07, 6.45) is 3.39. The van der Waals surface area contributed by atoms with Gasteiger partial charge in [-0.15, -0.1) is 11.3 Å². The minimum atomic E-state index is -4.11. The standard InChI is InChI=1S/C24H27N3O7S3/c1-4-27-16-10-9-14(33-2)11-18(16)36-24(27)26-20(29)13-37(31,32)12-19(28)25-22-21(23(30)34-3)15-7-5-6-8-17(15)35-22/h9-11H,4-8,12-13H2,1-3H3,(H,25,28). The van der Waals surface area contributed by atoms with Crippen molar-refractivity contribution < 1.29 is 32.3 Å². The number of thiazole rings is 1. The van der Waals surface area contributed by atoms with E-state index in [9.17, 15) is 22.8 Å². The number of methoxy groups -OCH3 is 2. The molecule has 2 heterocycles. The maximum atomic E-state index is 12.7. The molecule has 1 aromatic carbocycles. The number of esters is 1. The molecule has 0 bridgehead atoms. The van der Waals surface area contributed by atoms with Crippen molar-refractivity contribution in [2.45, 2.75) is 39.2 Å². The molecule has 198 valence electrons. The highest BCUT2D eigenvalue weighted by Crippen LogP contribution is 2.38. The summed E-state index contributed by atoms with van der Waals surface area (Å²) >= 11 is 2.51. The summed E-state index contributed by atoms with van der Waals surface area (Å²) in [4.78, 5) is 42.9. The number of fused-ring (bicyclic) bond motifs is 2. The smallest absolute Gasteiger partial charge is 0.341 e. The first-order chi connectivity index (χ1) is 17.7. The number of hydrogen-bond acceptors (Lipinski definition) is 9. The van der Waals surface area contributed by atoms with Crippen LogP contribution in [0, 0.1) is 0 Å². The Morgan fingerprint density at radius 1 is 1.11 bits per heavy atom. The topological polar surface area (TPSA) is 133 Å². The van der Waals surface area contributed by atoms with Gasteiger partial charge in [0.2, 0.25) is 5.91 Å². The van der Waals surface area contributed by atoms with Crippen LogP contribution in [0.25, 0.3) is 10.2 Å². The van der Waals surface area contributed by atoms with E-state index < -0.39 is 39.1 Å². The SMILES string of the molecule is CCn1c(=NC(=O)CS(=O)(=O)CC(=O)Nc2sc3c(c2C(=O)OC)CCCC3)sc2cc(OC)ccc21. The first-order valence-electron chi connectivity index (χ1n) is 11.6. The molecule has 0 spiro atoms. The molecule has 4 rings (SSSR count). The second-order valence-electron chi connectivity index (χ2n) is 8.46. The van der Waals surface area contributed by atoms with Crippen LogP contribution in [0.1, 0.15) is 40.6 Å². The molecular weight excluding hydrogens is 538 g/mol. The molecule has 0 aliphatic heterocycles. The molecule has 0 saturated carbocycles. The largest absolute Gasteiger partial charge is 0.497 e. The summed E-state index contributed by atoms with van der Waals surface area (Å²) in [7, 11) is -1.30. The Labute approximate surface area is 221 Å². The van der Waals surface area contributed by atoms with Crippen LogP contribution in [-0.4, -0.2) is 56.5 Å². The Kier molecular flexibility index (Phi) is 8.14. The third-order valence-electron chi connectivity index (χ3n) is 5.93. The summed E-state index contributed by atoms with van der Waals surface area (Å²) in [5.41, 5.74) is 1.98. The number of carbonyl (C=O) groups excluding carboxylic acids is 3. The molecule has 2 aromatic heterocycles. The zero-order valence-electron chi connectivity index (χ0n) is 20.7. The van der Waals surface area contributed by atoms with Crippen molar-refractivity contribution >= 4 is 65.5 Å². The quantitative estimate of drug-likeness (QED) is 0.415. The van der Waals surface area contributed by atoms with Crippen LogP contribution >= 0.6 is 22.7 Å². The number of anilines is 1. The summed E-state index contributed by atoms with van der Waals surface area (Å²) in [5.74, 6) is -3.42. The van der Waals surface area contributed by atoms with Crippen molar-refractivity contribution in [2.24, 2.45) is 4.99 Å². The Morgan fingerprint density at radius 2 is 1.86 bits per heavy atom. The predicted octanol–water partition coefficient (Wildman–Crippen LogP) is 2.94. The number of carbonyl (C=O) groups is 3. The third kappa shape index (κ3) is 5.94. The van der Waals surface area contributed by atoms with Crippen LogP contribution in [0.2, 0.25) is 0 Å². The first-order valence-corrected chi connectivity index (χ1v) is 15.1. The van der Waals surface area contributed by atoms with Crippen LogP contribution in [-0.2, 0) is 43.5 Å². The summed E-state index contributed by atoms with van der Waals surface area (Å²) in [6.45, 7) is 2.42. The highest BCUT2D eigenvalue weighted by molar-refractivity contribution is 7.92. The van der Waals surface area contributed by atoms with E-state index in [1.807, 2.05) is 23.6 Å². The van der Waals surface area contributed by atoms with Crippen LogP contribution in [0.4, 0.5) is 5.00 Å². The molecule has 37 heavy (non-hydrogen) atoms. The fraction of sp³-hybridized carbons (Fsp3) is 0.417. The number of benzene rings is 1. The number of nitrogens with zero attached hydrogens (tertiary/aromatic N) is 2. The molecule has 10 nitrogen and oxygen atoms in total. The molecule has 0 atom stereocenters. The van der Waals surface area contributed by atoms with Crippen molar-refractivity contribution in [2.75, 3.05) is 31.0 Å². The number of rotatable bonds is 8. The fourth-order valence-corrected chi connectivity index (χ4v) is 7.73. The fourth-order valence-electron chi connectivity index (χ4n) is 4.28. The molecule has 1 aliphatic carbocycles. The number of aromatic nitrogens is 1. The van der Waals surface area contributed by atoms with Crippen molar-refractivity contribution in [1.29, 1.82) is 0 Å². The lowest BCUT2D eigenvalue weighted by atomic mass is 9.95. The maximum absolute atomic E-state index is 12.7. The lowest BCUT2D eigenvalue weighted by molar-refractivity contribution is -0.115. The van der Waals surface area contributed by atoms with Crippen molar-refractivity contribution in [3.63, 3.8) is 0 Å². The van der Waals surface area contributed by atoms with E-state index in [2.05, 4.69) is 10.3 Å². The van der Waals surface area contributed by atoms with E-state index in [1.54, 1.807) is 13.2 Å². The molecule has 3 aromatic rings. The molecule has 0 unspecified atom stereocenters.